The van der Waals surface area contributed by atoms with Crippen LogP contribution in [0.3, 0.4) is 0 Å². The molecule has 106 valence electrons. The van der Waals surface area contributed by atoms with Crippen molar-refractivity contribution in [2.75, 3.05) is 33.3 Å². The molecule has 3 nitrogen and oxygen atoms in total. The third-order valence-corrected chi connectivity index (χ3v) is 3.82. The lowest BCUT2D eigenvalue weighted by molar-refractivity contribution is 0.0677. The van der Waals surface area contributed by atoms with Gasteiger partial charge in [-0.1, -0.05) is 37.3 Å². The summed E-state index contributed by atoms with van der Waals surface area (Å²) < 4.78 is 5.75. The van der Waals surface area contributed by atoms with Crippen molar-refractivity contribution in [3.05, 3.63) is 35.9 Å². The highest BCUT2D eigenvalue weighted by Gasteiger charge is 2.22. The smallest absolute Gasteiger partial charge is 0.0702 e. The molecule has 0 radical (unpaired) electrons. The lowest BCUT2D eigenvalue weighted by Gasteiger charge is -2.30. The summed E-state index contributed by atoms with van der Waals surface area (Å²) in [4.78, 5) is 2.42. The van der Waals surface area contributed by atoms with E-state index in [1.54, 1.807) is 0 Å². The zero-order valence-corrected chi connectivity index (χ0v) is 12.1. The lowest BCUT2D eigenvalue weighted by atomic mass is 10.0. The topological polar surface area (TPSA) is 24.5 Å². The summed E-state index contributed by atoms with van der Waals surface area (Å²) in [5.74, 6) is 0. The zero-order chi connectivity index (χ0) is 13.5. The molecule has 1 N–H and O–H groups in total. The van der Waals surface area contributed by atoms with E-state index in [0.29, 0.717) is 12.1 Å². The Morgan fingerprint density at radius 2 is 2.16 bits per heavy atom. The quantitative estimate of drug-likeness (QED) is 0.817. The Hall–Kier alpha value is -0.900. The van der Waals surface area contributed by atoms with Crippen LogP contribution in [0.1, 0.15) is 31.4 Å². The third kappa shape index (κ3) is 4.30. The van der Waals surface area contributed by atoms with Gasteiger partial charge >= 0.3 is 0 Å². The fraction of sp³-hybridized carbons (Fsp3) is 0.625. The molecule has 0 aliphatic carbocycles. The van der Waals surface area contributed by atoms with E-state index in [1.807, 2.05) is 0 Å². The molecule has 0 aromatic heterocycles. The minimum absolute atomic E-state index is 0.415. The van der Waals surface area contributed by atoms with Gasteiger partial charge in [-0.05, 0) is 32.0 Å². The van der Waals surface area contributed by atoms with Gasteiger partial charge in [-0.15, -0.1) is 0 Å². The minimum Gasteiger partial charge on any atom is -0.377 e. The molecule has 1 aliphatic heterocycles. The van der Waals surface area contributed by atoms with E-state index in [1.165, 1.54) is 18.4 Å². The standard InChI is InChI=1S/C16H26N2O/c1-3-17-12-16(14-8-5-4-6-9-14)18(2)13-15-10-7-11-19-15/h4-6,8-9,15-17H,3,7,10-13H2,1-2H3. The van der Waals surface area contributed by atoms with Crippen LogP contribution in [0, 0.1) is 0 Å². The van der Waals surface area contributed by atoms with Crippen molar-refractivity contribution in [2.45, 2.75) is 31.9 Å². The Morgan fingerprint density at radius 3 is 2.79 bits per heavy atom. The van der Waals surface area contributed by atoms with Crippen molar-refractivity contribution in [2.24, 2.45) is 0 Å². The summed E-state index contributed by atoms with van der Waals surface area (Å²) in [6.45, 7) is 6.11. The predicted molar refractivity (Wildman–Crippen MR) is 79.3 cm³/mol. The summed E-state index contributed by atoms with van der Waals surface area (Å²) in [6, 6.07) is 11.2. The maximum atomic E-state index is 5.75. The number of hydrogen-bond donors (Lipinski definition) is 1. The van der Waals surface area contributed by atoms with Gasteiger partial charge in [0.1, 0.15) is 0 Å². The van der Waals surface area contributed by atoms with Crippen LogP contribution in [0.15, 0.2) is 30.3 Å². The second kappa shape index (κ2) is 7.63. The van der Waals surface area contributed by atoms with Gasteiger partial charge in [0.15, 0.2) is 0 Å². The van der Waals surface area contributed by atoms with Crippen molar-refractivity contribution < 1.29 is 4.74 Å². The molecule has 0 saturated carbocycles. The number of rotatable bonds is 7. The Morgan fingerprint density at radius 1 is 1.37 bits per heavy atom. The summed E-state index contributed by atoms with van der Waals surface area (Å²) in [7, 11) is 2.21. The Bertz CT molecular complexity index is 349. The molecule has 19 heavy (non-hydrogen) atoms. The molecule has 1 fully saturated rings. The first-order valence-electron chi connectivity index (χ1n) is 7.38. The van der Waals surface area contributed by atoms with Crippen molar-refractivity contribution in [1.82, 2.24) is 10.2 Å². The van der Waals surface area contributed by atoms with Gasteiger partial charge < -0.3 is 10.1 Å². The van der Waals surface area contributed by atoms with E-state index in [-0.39, 0.29) is 0 Å². The molecule has 2 atom stereocenters. The second-order valence-electron chi connectivity index (χ2n) is 5.31. The molecule has 1 aromatic rings. The van der Waals surface area contributed by atoms with Gasteiger partial charge in [-0.25, -0.2) is 0 Å². The maximum Gasteiger partial charge on any atom is 0.0702 e. The molecule has 0 spiro atoms. The van der Waals surface area contributed by atoms with Gasteiger partial charge in [0.05, 0.1) is 6.10 Å². The number of nitrogens with zero attached hydrogens (tertiary/aromatic N) is 1. The number of ether oxygens (including phenoxy) is 1. The average molecular weight is 262 g/mol. The summed E-state index contributed by atoms with van der Waals surface area (Å²) in [5.41, 5.74) is 1.38. The second-order valence-corrected chi connectivity index (χ2v) is 5.31. The van der Waals surface area contributed by atoms with E-state index in [4.69, 9.17) is 4.74 Å². The number of nitrogens with one attached hydrogen (secondary N) is 1. The first kappa shape index (κ1) is 14.5. The molecule has 1 aromatic carbocycles. The molecule has 1 saturated heterocycles. The molecular weight excluding hydrogens is 236 g/mol. The van der Waals surface area contributed by atoms with Crippen molar-refractivity contribution in [3.63, 3.8) is 0 Å². The fourth-order valence-electron chi connectivity index (χ4n) is 2.72. The Labute approximate surface area is 116 Å². The first-order chi connectivity index (χ1) is 9.31. The van der Waals surface area contributed by atoms with E-state index < -0.39 is 0 Å². The van der Waals surface area contributed by atoms with Gasteiger partial charge in [0.25, 0.3) is 0 Å². The van der Waals surface area contributed by atoms with Gasteiger partial charge in [-0.3, -0.25) is 4.90 Å². The highest BCUT2D eigenvalue weighted by atomic mass is 16.5. The molecule has 1 heterocycles. The van der Waals surface area contributed by atoms with E-state index >= 15 is 0 Å². The summed E-state index contributed by atoms with van der Waals surface area (Å²) >= 11 is 0. The molecule has 1 aliphatic rings. The highest BCUT2D eigenvalue weighted by molar-refractivity contribution is 5.19. The monoisotopic (exact) mass is 262 g/mol. The van der Waals surface area contributed by atoms with E-state index in [0.717, 1.165) is 26.2 Å². The van der Waals surface area contributed by atoms with Gasteiger partial charge in [-0.2, -0.15) is 0 Å². The first-order valence-corrected chi connectivity index (χ1v) is 7.38. The van der Waals surface area contributed by atoms with Gasteiger partial charge in [0.2, 0.25) is 0 Å². The van der Waals surface area contributed by atoms with Crippen LogP contribution in [0.2, 0.25) is 0 Å². The number of likely N-dealkylation sites (N-methyl/N-ethyl adjacent to an activating group) is 2. The predicted octanol–water partition coefficient (Wildman–Crippen LogP) is 2.45. The molecule has 0 bridgehead atoms. The molecule has 2 rings (SSSR count). The van der Waals surface area contributed by atoms with Crippen LogP contribution in [0.25, 0.3) is 0 Å². The highest BCUT2D eigenvalue weighted by Crippen LogP contribution is 2.21. The normalized spacial score (nSPS) is 20.9. The Kier molecular flexibility index (Phi) is 5.83. The Balaban J connectivity index is 1.99. The van der Waals surface area contributed by atoms with Crippen molar-refractivity contribution in [1.29, 1.82) is 0 Å². The molecule has 3 heteroatoms. The van der Waals surface area contributed by atoms with Crippen LogP contribution >= 0.6 is 0 Å². The minimum atomic E-state index is 0.415. The van der Waals surface area contributed by atoms with Crippen LogP contribution in [0.5, 0.6) is 0 Å². The zero-order valence-electron chi connectivity index (χ0n) is 12.1. The lowest BCUT2D eigenvalue weighted by Crippen LogP contribution is -2.37. The van der Waals surface area contributed by atoms with Crippen molar-refractivity contribution in [3.8, 4) is 0 Å². The van der Waals surface area contributed by atoms with Crippen LogP contribution < -0.4 is 5.32 Å². The SMILES string of the molecule is CCNCC(c1ccccc1)N(C)CC1CCCO1. The third-order valence-electron chi connectivity index (χ3n) is 3.82. The summed E-state index contributed by atoms with van der Waals surface area (Å²) in [6.07, 6.45) is 2.83. The van der Waals surface area contributed by atoms with Crippen LogP contribution in [-0.2, 0) is 4.74 Å². The van der Waals surface area contributed by atoms with Crippen molar-refractivity contribution >= 4 is 0 Å². The molecule has 2 unspecified atom stereocenters. The van der Waals surface area contributed by atoms with E-state index in [2.05, 4.69) is 54.5 Å². The number of hydrogen-bond acceptors (Lipinski definition) is 3. The number of benzene rings is 1. The molecule has 0 amide bonds. The summed E-state index contributed by atoms with van der Waals surface area (Å²) in [5, 5.41) is 3.47. The largest absolute Gasteiger partial charge is 0.377 e. The van der Waals surface area contributed by atoms with Crippen LogP contribution in [0.4, 0.5) is 0 Å². The average Bonchev–Trinajstić information content (AvgIpc) is 2.93. The maximum absolute atomic E-state index is 5.75. The van der Waals surface area contributed by atoms with Gasteiger partial charge in [0, 0.05) is 25.7 Å². The van der Waals surface area contributed by atoms with E-state index in [9.17, 15) is 0 Å². The molecular formula is C16H26N2O. The van der Waals surface area contributed by atoms with Crippen LogP contribution in [-0.4, -0.2) is 44.3 Å². The fourth-order valence-corrected chi connectivity index (χ4v) is 2.72.